The lowest BCUT2D eigenvalue weighted by molar-refractivity contribution is 0.0761. The number of likely N-dealkylation sites (tertiary alicyclic amines) is 1. The Kier molecular flexibility index (Phi) is 6.16. The lowest BCUT2D eigenvalue weighted by Gasteiger charge is -2.24. The maximum absolute atomic E-state index is 12.9. The lowest BCUT2D eigenvalue weighted by atomic mass is 10.1. The molecule has 0 radical (unpaired) electrons. The second-order valence-electron chi connectivity index (χ2n) is 6.74. The van der Waals surface area contributed by atoms with Gasteiger partial charge in [-0.1, -0.05) is 31.0 Å². The van der Waals surface area contributed by atoms with E-state index in [4.69, 9.17) is 0 Å². The van der Waals surface area contributed by atoms with Gasteiger partial charge in [0.1, 0.15) is 0 Å². The summed E-state index contributed by atoms with van der Waals surface area (Å²) in [6, 6.07) is 15.3. The van der Waals surface area contributed by atoms with E-state index in [0.717, 1.165) is 25.9 Å². The molecule has 1 aliphatic heterocycles. The van der Waals surface area contributed by atoms with Crippen LogP contribution in [0.15, 0.2) is 59.5 Å². The lowest BCUT2D eigenvalue weighted by Crippen LogP contribution is -2.32. The van der Waals surface area contributed by atoms with Crippen LogP contribution in [0.1, 0.15) is 43.0 Å². The Bertz CT molecular complexity index is 856. The van der Waals surface area contributed by atoms with E-state index >= 15 is 0 Å². The smallest absolute Gasteiger partial charge is 0.264 e. The van der Waals surface area contributed by atoms with Gasteiger partial charge in [-0.05, 0) is 56.2 Å². The third-order valence-corrected chi connectivity index (χ3v) is 6.83. The van der Waals surface area contributed by atoms with Gasteiger partial charge in [0.2, 0.25) is 0 Å². The summed E-state index contributed by atoms with van der Waals surface area (Å²) in [5.41, 5.74) is 1.17. The normalized spacial score (nSPS) is 15.2. The number of carbonyl (C=O) groups is 1. The Morgan fingerprint density at radius 2 is 1.52 bits per heavy atom. The zero-order valence-corrected chi connectivity index (χ0v) is 16.5. The first-order valence-corrected chi connectivity index (χ1v) is 10.9. The largest absolute Gasteiger partial charge is 0.339 e. The first-order valence-electron chi connectivity index (χ1n) is 9.51. The van der Waals surface area contributed by atoms with E-state index in [9.17, 15) is 13.2 Å². The van der Waals surface area contributed by atoms with Gasteiger partial charge < -0.3 is 4.90 Å². The fourth-order valence-electron chi connectivity index (χ4n) is 3.44. The summed E-state index contributed by atoms with van der Waals surface area (Å²) in [6.07, 6.45) is 4.43. The van der Waals surface area contributed by atoms with Gasteiger partial charge in [0, 0.05) is 25.2 Å². The van der Waals surface area contributed by atoms with Gasteiger partial charge in [-0.3, -0.25) is 9.10 Å². The van der Waals surface area contributed by atoms with Crippen molar-refractivity contribution >= 4 is 21.6 Å². The molecule has 2 aromatic carbocycles. The van der Waals surface area contributed by atoms with Gasteiger partial charge >= 0.3 is 0 Å². The quantitative estimate of drug-likeness (QED) is 0.783. The van der Waals surface area contributed by atoms with Crippen molar-refractivity contribution in [2.24, 2.45) is 0 Å². The highest BCUT2D eigenvalue weighted by atomic mass is 32.2. The van der Waals surface area contributed by atoms with Crippen LogP contribution in [0.3, 0.4) is 0 Å². The monoisotopic (exact) mass is 386 g/mol. The third kappa shape index (κ3) is 4.33. The van der Waals surface area contributed by atoms with Crippen LogP contribution < -0.4 is 4.31 Å². The van der Waals surface area contributed by atoms with Crippen LogP contribution in [0.2, 0.25) is 0 Å². The molecule has 1 heterocycles. The molecule has 0 N–H and O–H groups in total. The highest BCUT2D eigenvalue weighted by Gasteiger charge is 2.24. The number of nitrogens with zero attached hydrogens (tertiary/aromatic N) is 2. The number of amides is 1. The van der Waals surface area contributed by atoms with E-state index in [1.165, 1.54) is 17.1 Å². The molecule has 0 unspecified atom stereocenters. The third-order valence-electron chi connectivity index (χ3n) is 4.91. The van der Waals surface area contributed by atoms with Gasteiger partial charge in [-0.2, -0.15) is 0 Å². The van der Waals surface area contributed by atoms with Crippen molar-refractivity contribution in [1.82, 2.24) is 4.90 Å². The average molecular weight is 387 g/mol. The first-order chi connectivity index (χ1) is 13.0. The molecule has 3 rings (SSSR count). The summed E-state index contributed by atoms with van der Waals surface area (Å²) in [4.78, 5) is 14.9. The Morgan fingerprint density at radius 3 is 2.07 bits per heavy atom. The molecule has 0 aromatic heterocycles. The number of hydrogen-bond donors (Lipinski definition) is 0. The SMILES string of the molecule is CCN(c1ccc(C(=O)N2CCCCCC2)cc1)S(=O)(=O)c1ccccc1. The molecule has 1 saturated heterocycles. The van der Waals surface area contributed by atoms with Crippen LogP contribution in [0.4, 0.5) is 5.69 Å². The molecular weight excluding hydrogens is 360 g/mol. The highest BCUT2D eigenvalue weighted by Crippen LogP contribution is 2.24. The van der Waals surface area contributed by atoms with E-state index in [1.54, 1.807) is 61.5 Å². The zero-order valence-electron chi connectivity index (χ0n) is 15.7. The number of sulfonamides is 1. The number of anilines is 1. The van der Waals surface area contributed by atoms with Crippen molar-refractivity contribution in [3.8, 4) is 0 Å². The number of rotatable bonds is 5. The van der Waals surface area contributed by atoms with Crippen LogP contribution >= 0.6 is 0 Å². The topological polar surface area (TPSA) is 57.7 Å². The second kappa shape index (κ2) is 8.57. The van der Waals surface area contributed by atoms with E-state index in [0.29, 0.717) is 17.8 Å². The van der Waals surface area contributed by atoms with E-state index in [-0.39, 0.29) is 10.8 Å². The fraction of sp³-hybridized carbons (Fsp3) is 0.381. The van der Waals surface area contributed by atoms with Crippen LogP contribution in [-0.2, 0) is 10.0 Å². The molecule has 1 amide bonds. The molecule has 1 fully saturated rings. The summed E-state index contributed by atoms with van der Waals surface area (Å²) in [5.74, 6) is 0.0254. The van der Waals surface area contributed by atoms with Crippen LogP contribution in [0.25, 0.3) is 0 Å². The molecule has 0 aliphatic carbocycles. The van der Waals surface area contributed by atoms with E-state index in [1.807, 2.05) is 4.90 Å². The standard InChI is InChI=1S/C21H26N2O3S/c1-2-23(27(25,26)20-10-6-5-7-11-20)19-14-12-18(13-15-19)21(24)22-16-8-3-4-9-17-22/h5-7,10-15H,2-4,8-9,16-17H2,1H3. The van der Waals surface area contributed by atoms with Crippen molar-refractivity contribution < 1.29 is 13.2 Å². The summed E-state index contributed by atoms with van der Waals surface area (Å²) < 4.78 is 27.2. The van der Waals surface area contributed by atoms with E-state index in [2.05, 4.69) is 0 Å². The minimum atomic E-state index is -3.62. The highest BCUT2D eigenvalue weighted by molar-refractivity contribution is 7.92. The molecule has 2 aromatic rings. The first kappa shape index (κ1) is 19.4. The predicted octanol–water partition coefficient (Wildman–Crippen LogP) is 3.92. The van der Waals surface area contributed by atoms with Gasteiger partial charge in [-0.15, -0.1) is 0 Å². The minimum absolute atomic E-state index is 0.0254. The maximum atomic E-state index is 12.9. The van der Waals surface area contributed by atoms with Crippen LogP contribution in [0, 0.1) is 0 Å². The molecule has 6 heteroatoms. The maximum Gasteiger partial charge on any atom is 0.264 e. The minimum Gasteiger partial charge on any atom is -0.339 e. The molecule has 0 bridgehead atoms. The molecule has 27 heavy (non-hydrogen) atoms. The van der Waals surface area contributed by atoms with Crippen molar-refractivity contribution in [1.29, 1.82) is 0 Å². The molecule has 0 atom stereocenters. The predicted molar refractivity (Wildman–Crippen MR) is 107 cm³/mol. The van der Waals surface area contributed by atoms with Crippen molar-refractivity contribution in [2.75, 3.05) is 23.9 Å². The summed E-state index contributed by atoms with van der Waals surface area (Å²) >= 11 is 0. The van der Waals surface area contributed by atoms with Crippen molar-refractivity contribution in [3.05, 3.63) is 60.2 Å². The number of benzene rings is 2. The Labute approximate surface area is 161 Å². The van der Waals surface area contributed by atoms with Crippen LogP contribution in [0.5, 0.6) is 0 Å². The molecule has 144 valence electrons. The molecular formula is C21H26N2O3S. The van der Waals surface area contributed by atoms with Gasteiger partial charge in [-0.25, -0.2) is 8.42 Å². The summed E-state index contributed by atoms with van der Waals surface area (Å²) in [7, 11) is -3.62. The number of hydrogen-bond acceptors (Lipinski definition) is 3. The van der Waals surface area contributed by atoms with Gasteiger partial charge in [0.25, 0.3) is 15.9 Å². The molecule has 0 spiro atoms. The van der Waals surface area contributed by atoms with Crippen molar-refractivity contribution in [3.63, 3.8) is 0 Å². The number of carbonyl (C=O) groups excluding carboxylic acids is 1. The molecule has 1 aliphatic rings. The second-order valence-corrected chi connectivity index (χ2v) is 8.60. The summed E-state index contributed by atoms with van der Waals surface area (Å²) in [6.45, 7) is 3.71. The van der Waals surface area contributed by atoms with Gasteiger partial charge in [0.05, 0.1) is 10.6 Å². The average Bonchev–Trinajstić information content (AvgIpc) is 2.98. The Morgan fingerprint density at radius 1 is 0.926 bits per heavy atom. The Hall–Kier alpha value is -2.34. The zero-order chi connectivity index (χ0) is 19.3. The molecule has 0 saturated carbocycles. The molecule has 5 nitrogen and oxygen atoms in total. The Balaban J connectivity index is 1.82. The van der Waals surface area contributed by atoms with E-state index < -0.39 is 10.0 Å². The fourth-order valence-corrected chi connectivity index (χ4v) is 4.93. The van der Waals surface area contributed by atoms with Gasteiger partial charge in [0.15, 0.2) is 0 Å². The van der Waals surface area contributed by atoms with Crippen molar-refractivity contribution in [2.45, 2.75) is 37.5 Å². The summed E-state index contributed by atoms with van der Waals surface area (Å²) in [5, 5.41) is 0. The van der Waals surface area contributed by atoms with Crippen LogP contribution in [-0.4, -0.2) is 38.9 Å².